The van der Waals surface area contributed by atoms with Crippen LogP contribution in [-0.4, -0.2) is 28.2 Å². The van der Waals surface area contributed by atoms with E-state index in [4.69, 9.17) is 4.74 Å². The fourth-order valence-corrected chi connectivity index (χ4v) is 3.84. The Kier molecular flexibility index (Phi) is 6.11. The summed E-state index contributed by atoms with van der Waals surface area (Å²) in [5.41, 5.74) is 0.599. The van der Waals surface area contributed by atoms with Crippen LogP contribution in [0.4, 0.5) is 5.69 Å². The maximum absolute atomic E-state index is 13.0. The minimum Gasteiger partial charge on any atom is -0.422 e. The van der Waals surface area contributed by atoms with Crippen LogP contribution in [0.3, 0.4) is 0 Å². The number of amides is 1. The second-order valence-corrected chi connectivity index (χ2v) is 7.67. The summed E-state index contributed by atoms with van der Waals surface area (Å²) in [6.45, 7) is 3.19. The van der Waals surface area contributed by atoms with E-state index in [0.29, 0.717) is 41.7 Å². The summed E-state index contributed by atoms with van der Waals surface area (Å²) in [7, 11) is 0. The lowest BCUT2D eigenvalue weighted by atomic mass is 10.1. The number of hydrogen-bond donors (Lipinski definition) is 0. The molecule has 2 aromatic carbocycles. The number of ether oxygens (including phenoxy) is 1. The van der Waals surface area contributed by atoms with Gasteiger partial charge in [0.15, 0.2) is 5.69 Å². The van der Waals surface area contributed by atoms with E-state index in [9.17, 15) is 14.4 Å². The first-order chi connectivity index (χ1) is 15.1. The molecule has 7 nitrogen and oxygen atoms in total. The van der Waals surface area contributed by atoms with Gasteiger partial charge in [0.1, 0.15) is 5.75 Å². The summed E-state index contributed by atoms with van der Waals surface area (Å²) in [6, 6.07) is 13.9. The van der Waals surface area contributed by atoms with Crippen molar-refractivity contribution in [2.75, 3.05) is 11.4 Å². The number of anilines is 1. The predicted molar refractivity (Wildman–Crippen MR) is 119 cm³/mol. The molecule has 0 saturated carbocycles. The van der Waals surface area contributed by atoms with Crippen LogP contribution in [0.2, 0.25) is 0 Å². The molecule has 0 radical (unpaired) electrons. The van der Waals surface area contributed by atoms with Gasteiger partial charge in [-0.25, -0.2) is 9.48 Å². The molecule has 0 aliphatic carbocycles. The van der Waals surface area contributed by atoms with Gasteiger partial charge in [0.2, 0.25) is 5.91 Å². The number of carbonyl (C=O) groups is 2. The predicted octanol–water partition coefficient (Wildman–Crippen LogP) is 3.93. The van der Waals surface area contributed by atoms with Gasteiger partial charge in [-0.1, -0.05) is 44.0 Å². The normalized spacial score (nSPS) is 13.7. The summed E-state index contributed by atoms with van der Waals surface area (Å²) in [5.74, 6) is -0.238. The zero-order valence-electron chi connectivity index (χ0n) is 17.5. The maximum Gasteiger partial charge on any atom is 0.364 e. The van der Waals surface area contributed by atoms with Gasteiger partial charge in [0.05, 0.1) is 5.39 Å². The number of carbonyl (C=O) groups excluding carboxylic acids is 2. The van der Waals surface area contributed by atoms with Gasteiger partial charge in [0, 0.05) is 36.7 Å². The highest BCUT2D eigenvalue weighted by molar-refractivity contribution is 6.03. The second-order valence-electron chi connectivity index (χ2n) is 7.67. The molecule has 0 atom stereocenters. The molecule has 0 spiro atoms. The Bertz CT molecular complexity index is 1180. The summed E-state index contributed by atoms with van der Waals surface area (Å²) in [5, 5.41) is 5.26. The van der Waals surface area contributed by atoms with Gasteiger partial charge in [-0.15, -0.1) is 0 Å². The standard InChI is InChI=1S/C24H25N3O4/c1-2-3-6-15-27-23(29)20-12-5-4-11-19(20)22(25-27)24(30)31-18-10-7-9-17(16-18)26-14-8-13-21(26)28/h4-5,7,9-12,16H,2-3,6,8,13-15H2,1H3. The highest BCUT2D eigenvalue weighted by Gasteiger charge is 2.23. The third-order valence-electron chi connectivity index (χ3n) is 5.45. The molecule has 1 amide bonds. The van der Waals surface area contributed by atoms with Crippen LogP contribution in [0.5, 0.6) is 5.75 Å². The number of esters is 1. The zero-order chi connectivity index (χ0) is 21.8. The largest absolute Gasteiger partial charge is 0.422 e. The van der Waals surface area contributed by atoms with Crippen LogP contribution in [0.15, 0.2) is 53.3 Å². The molecule has 4 rings (SSSR count). The maximum atomic E-state index is 13.0. The monoisotopic (exact) mass is 419 g/mol. The van der Waals surface area contributed by atoms with Crippen LogP contribution in [0, 0.1) is 0 Å². The van der Waals surface area contributed by atoms with Crippen molar-refractivity contribution in [3.8, 4) is 5.75 Å². The molecule has 1 aliphatic rings. The van der Waals surface area contributed by atoms with Crippen LogP contribution in [0.25, 0.3) is 10.8 Å². The third-order valence-corrected chi connectivity index (χ3v) is 5.45. The van der Waals surface area contributed by atoms with Gasteiger partial charge in [-0.3, -0.25) is 9.59 Å². The molecular formula is C24H25N3O4. The van der Waals surface area contributed by atoms with Crippen molar-refractivity contribution in [1.29, 1.82) is 0 Å². The fourth-order valence-electron chi connectivity index (χ4n) is 3.84. The average molecular weight is 419 g/mol. The topological polar surface area (TPSA) is 81.5 Å². The Hall–Kier alpha value is -3.48. The van der Waals surface area contributed by atoms with E-state index in [1.54, 1.807) is 47.4 Å². The Balaban J connectivity index is 1.65. The van der Waals surface area contributed by atoms with E-state index in [-0.39, 0.29) is 17.2 Å². The lowest BCUT2D eigenvalue weighted by molar-refractivity contribution is -0.117. The Labute approximate surface area is 180 Å². The van der Waals surface area contributed by atoms with Crippen molar-refractivity contribution in [3.05, 3.63) is 64.6 Å². The zero-order valence-corrected chi connectivity index (χ0v) is 17.5. The molecule has 160 valence electrons. The number of unbranched alkanes of at least 4 members (excludes halogenated alkanes) is 2. The van der Waals surface area contributed by atoms with Crippen LogP contribution in [0.1, 0.15) is 49.5 Å². The molecule has 1 aromatic heterocycles. The smallest absolute Gasteiger partial charge is 0.364 e. The number of benzene rings is 2. The van der Waals surface area contributed by atoms with Gasteiger partial charge < -0.3 is 9.64 Å². The molecule has 1 saturated heterocycles. The summed E-state index contributed by atoms with van der Waals surface area (Å²) in [6.07, 6.45) is 4.15. The molecule has 0 bridgehead atoms. The number of hydrogen-bond acceptors (Lipinski definition) is 5. The van der Waals surface area contributed by atoms with Gasteiger partial charge in [0.25, 0.3) is 5.56 Å². The van der Waals surface area contributed by atoms with E-state index in [1.165, 1.54) is 4.68 Å². The Morgan fingerprint density at radius 2 is 1.87 bits per heavy atom. The van der Waals surface area contributed by atoms with Crippen LogP contribution < -0.4 is 15.2 Å². The van der Waals surface area contributed by atoms with Crippen molar-refractivity contribution in [1.82, 2.24) is 9.78 Å². The Morgan fingerprint density at radius 1 is 1.06 bits per heavy atom. The van der Waals surface area contributed by atoms with E-state index in [0.717, 1.165) is 25.7 Å². The highest BCUT2D eigenvalue weighted by Crippen LogP contribution is 2.26. The van der Waals surface area contributed by atoms with Gasteiger partial charge in [-0.2, -0.15) is 5.10 Å². The first-order valence-corrected chi connectivity index (χ1v) is 10.7. The van der Waals surface area contributed by atoms with E-state index >= 15 is 0 Å². The summed E-state index contributed by atoms with van der Waals surface area (Å²) in [4.78, 5) is 39.5. The van der Waals surface area contributed by atoms with Crippen LogP contribution in [-0.2, 0) is 11.3 Å². The number of rotatable bonds is 7. The molecule has 1 fully saturated rings. The molecule has 3 aromatic rings. The number of fused-ring (bicyclic) bond motifs is 1. The number of aryl methyl sites for hydroxylation is 1. The quantitative estimate of drug-likeness (QED) is 0.329. The van der Waals surface area contributed by atoms with Crippen molar-refractivity contribution >= 4 is 28.3 Å². The lowest BCUT2D eigenvalue weighted by Gasteiger charge is -2.16. The van der Waals surface area contributed by atoms with E-state index < -0.39 is 5.97 Å². The van der Waals surface area contributed by atoms with Gasteiger partial charge >= 0.3 is 5.97 Å². The molecule has 2 heterocycles. The first kappa shape index (κ1) is 20.8. The molecule has 0 unspecified atom stereocenters. The first-order valence-electron chi connectivity index (χ1n) is 10.7. The Morgan fingerprint density at radius 3 is 2.61 bits per heavy atom. The lowest BCUT2D eigenvalue weighted by Crippen LogP contribution is -2.27. The summed E-state index contributed by atoms with van der Waals surface area (Å²) >= 11 is 0. The molecule has 1 aliphatic heterocycles. The fraction of sp³-hybridized carbons (Fsp3) is 0.333. The average Bonchev–Trinajstić information content (AvgIpc) is 3.21. The molecule has 7 heteroatoms. The second kappa shape index (κ2) is 9.12. The van der Waals surface area contributed by atoms with Crippen molar-refractivity contribution in [3.63, 3.8) is 0 Å². The van der Waals surface area contributed by atoms with Crippen molar-refractivity contribution < 1.29 is 14.3 Å². The minimum absolute atomic E-state index is 0.0651. The van der Waals surface area contributed by atoms with E-state index in [1.807, 2.05) is 6.07 Å². The van der Waals surface area contributed by atoms with Crippen LogP contribution >= 0.6 is 0 Å². The molecular weight excluding hydrogens is 394 g/mol. The minimum atomic E-state index is -0.634. The summed E-state index contributed by atoms with van der Waals surface area (Å²) < 4.78 is 6.96. The molecule has 31 heavy (non-hydrogen) atoms. The van der Waals surface area contributed by atoms with Crippen molar-refractivity contribution in [2.45, 2.75) is 45.6 Å². The number of nitrogens with zero attached hydrogens (tertiary/aromatic N) is 3. The van der Waals surface area contributed by atoms with Crippen molar-refractivity contribution in [2.24, 2.45) is 0 Å². The van der Waals surface area contributed by atoms with E-state index in [2.05, 4.69) is 12.0 Å². The van der Waals surface area contributed by atoms with Gasteiger partial charge in [-0.05, 0) is 31.0 Å². The highest BCUT2D eigenvalue weighted by atomic mass is 16.5. The molecule has 0 N–H and O–H groups in total. The number of aromatic nitrogens is 2. The SMILES string of the molecule is CCCCCn1nc(C(=O)Oc2cccc(N3CCCC3=O)c2)c2ccccc2c1=O. The third kappa shape index (κ3) is 4.35.